The predicted molar refractivity (Wildman–Crippen MR) is 130 cm³/mol. The zero-order valence-electron chi connectivity index (χ0n) is 20.3. The molecule has 2 aromatic rings. The van der Waals surface area contributed by atoms with Crippen LogP contribution in [-0.4, -0.2) is 70.8 Å². The second-order valence-electron chi connectivity index (χ2n) is 9.25. The van der Waals surface area contributed by atoms with Gasteiger partial charge in [0.05, 0.1) is 37.1 Å². The van der Waals surface area contributed by atoms with Crippen LogP contribution in [0.2, 0.25) is 0 Å². The van der Waals surface area contributed by atoms with Gasteiger partial charge in [0, 0.05) is 24.8 Å². The van der Waals surface area contributed by atoms with E-state index in [0.29, 0.717) is 61.1 Å². The summed E-state index contributed by atoms with van der Waals surface area (Å²) in [5, 5.41) is 3.19. The quantitative estimate of drug-likeness (QED) is 0.638. The molecule has 0 spiro atoms. The molecule has 3 aliphatic rings. The number of imide groups is 1. The van der Waals surface area contributed by atoms with E-state index in [9.17, 15) is 14.4 Å². The lowest BCUT2D eigenvalue weighted by Crippen LogP contribution is -2.45. The standard InChI is InChI=1S/C26H32N4O5/c1-3-20-21(25(32)30(27-20)18-9-11-19(34-2)12-10-18)22-23(28-13-15-35-16-14-28)26(33)29(24(22)31)17-7-5-4-6-8-17/h9-12,17,27H,3-8,13-16H2,1-2H3. The highest BCUT2D eigenvalue weighted by molar-refractivity contribution is 6.35. The summed E-state index contributed by atoms with van der Waals surface area (Å²) in [6.07, 6.45) is 5.25. The van der Waals surface area contributed by atoms with Gasteiger partial charge < -0.3 is 14.4 Å². The average molecular weight is 481 g/mol. The number of aromatic nitrogens is 2. The number of rotatable bonds is 6. The van der Waals surface area contributed by atoms with Gasteiger partial charge in [-0.25, -0.2) is 4.68 Å². The van der Waals surface area contributed by atoms with Crippen molar-refractivity contribution in [1.29, 1.82) is 0 Å². The Hall–Kier alpha value is -3.33. The molecule has 5 rings (SSSR count). The van der Waals surface area contributed by atoms with Gasteiger partial charge in [0.25, 0.3) is 17.4 Å². The maximum absolute atomic E-state index is 13.9. The molecule has 0 unspecified atom stereocenters. The highest BCUT2D eigenvalue weighted by Crippen LogP contribution is 2.36. The lowest BCUT2D eigenvalue weighted by atomic mass is 9.94. The van der Waals surface area contributed by atoms with E-state index >= 15 is 0 Å². The van der Waals surface area contributed by atoms with Gasteiger partial charge in [0.1, 0.15) is 11.4 Å². The first-order valence-electron chi connectivity index (χ1n) is 12.5. The molecule has 3 heterocycles. The fraction of sp³-hybridized carbons (Fsp3) is 0.500. The van der Waals surface area contributed by atoms with Gasteiger partial charge in [-0.2, -0.15) is 0 Å². The number of aromatic amines is 1. The van der Waals surface area contributed by atoms with Gasteiger partial charge in [0.2, 0.25) is 0 Å². The number of H-pyrrole nitrogens is 1. The number of aryl methyl sites for hydroxylation is 1. The number of carbonyl (C=O) groups excluding carboxylic acids is 2. The summed E-state index contributed by atoms with van der Waals surface area (Å²) in [6.45, 7) is 3.91. The number of carbonyl (C=O) groups is 2. The van der Waals surface area contributed by atoms with Gasteiger partial charge in [-0.3, -0.25) is 24.4 Å². The molecule has 0 atom stereocenters. The molecule has 1 aromatic carbocycles. The number of nitrogens with one attached hydrogen (secondary N) is 1. The molecule has 1 aromatic heterocycles. The molecule has 35 heavy (non-hydrogen) atoms. The summed E-state index contributed by atoms with van der Waals surface area (Å²) in [7, 11) is 1.59. The fourth-order valence-electron chi connectivity index (χ4n) is 5.42. The van der Waals surface area contributed by atoms with E-state index in [1.165, 1.54) is 9.58 Å². The van der Waals surface area contributed by atoms with Crippen molar-refractivity contribution in [3.8, 4) is 11.4 Å². The molecule has 9 heteroatoms. The van der Waals surface area contributed by atoms with Crippen LogP contribution in [0.5, 0.6) is 5.75 Å². The summed E-state index contributed by atoms with van der Waals surface area (Å²) in [5.74, 6) is 0.0508. The molecule has 1 N–H and O–H groups in total. The van der Waals surface area contributed by atoms with E-state index in [4.69, 9.17) is 9.47 Å². The van der Waals surface area contributed by atoms with Crippen LogP contribution in [-0.2, 0) is 20.7 Å². The second-order valence-corrected chi connectivity index (χ2v) is 9.25. The summed E-state index contributed by atoms with van der Waals surface area (Å²) < 4.78 is 12.2. The van der Waals surface area contributed by atoms with Gasteiger partial charge in [0.15, 0.2) is 0 Å². The topological polar surface area (TPSA) is 96.9 Å². The highest BCUT2D eigenvalue weighted by Gasteiger charge is 2.46. The number of morpholine rings is 1. The molecule has 1 saturated heterocycles. The number of hydrogen-bond donors (Lipinski definition) is 1. The van der Waals surface area contributed by atoms with Crippen molar-refractivity contribution in [2.75, 3.05) is 33.4 Å². The van der Waals surface area contributed by atoms with Crippen LogP contribution in [0.25, 0.3) is 11.3 Å². The van der Waals surface area contributed by atoms with Gasteiger partial charge in [-0.05, 0) is 43.5 Å². The molecule has 0 bridgehead atoms. The molecule has 1 aliphatic carbocycles. The Bertz CT molecular complexity index is 1200. The SMILES string of the molecule is CCc1[nH]n(-c2ccc(OC)cc2)c(=O)c1C1=C(N2CCOCC2)C(=O)N(C2CCCCC2)C1=O. The molecule has 9 nitrogen and oxygen atoms in total. The monoisotopic (exact) mass is 480 g/mol. The Kier molecular flexibility index (Phi) is 6.51. The molecule has 1 saturated carbocycles. The van der Waals surface area contributed by atoms with Crippen LogP contribution >= 0.6 is 0 Å². The fourth-order valence-corrected chi connectivity index (χ4v) is 5.42. The molecule has 2 fully saturated rings. The van der Waals surface area contributed by atoms with Crippen molar-refractivity contribution in [3.05, 3.63) is 51.6 Å². The minimum atomic E-state index is -0.351. The minimum absolute atomic E-state index is 0.120. The first kappa shape index (κ1) is 23.4. The number of ether oxygens (including phenoxy) is 2. The Morgan fingerprint density at radius 2 is 1.69 bits per heavy atom. The van der Waals surface area contributed by atoms with Crippen molar-refractivity contribution in [2.45, 2.75) is 51.5 Å². The average Bonchev–Trinajstić information content (AvgIpc) is 3.36. The summed E-state index contributed by atoms with van der Waals surface area (Å²) in [6, 6.07) is 7.01. The lowest BCUT2D eigenvalue weighted by molar-refractivity contribution is -0.141. The van der Waals surface area contributed by atoms with Gasteiger partial charge >= 0.3 is 0 Å². The van der Waals surface area contributed by atoms with Crippen LogP contribution in [0.3, 0.4) is 0 Å². The molecular weight excluding hydrogens is 448 g/mol. The predicted octanol–water partition coefficient (Wildman–Crippen LogP) is 2.48. The van der Waals surface area contributed by atoms with Crippen molar-refractivity contribution >= 4 is 17.4 Å². The number of amides is 2. The zero-order valence-corrected chi connectivity index (χ0v) is 20.3. The summed E-state index contributed by atoms with van der Waals surface area (Å²) in [4.78, 5) is 44.9. The molecule has 2 aliphatic heterocycles. The smallest absolute Gasteiger partial charge is 0.279 e. The molecule has 186 valence electrons. The summed E-state index contributed by atoms with van der Waals surface area (Å²) in [5.41, 5.74) is 1.80. The van der Waals surface area contributed by atoms with E-state index in [0.717, 1.165) is 32.1 Å². The van der Waals surface area contributed by atoms with E-state index in [2.05, 4.69) is 5.10 Å². The van der Waals surface area contributed by atoms with Crippen molar-refractivity contribution < 1.29 is 19.1 Å². The zero-order chi connectivity index (χ0) is 24.5. The number of nitrogens with zero attached hydrogens (tertiary/aromatic N) is 3. The second kappa shape index (κ2) is 9.73. The van der Waals surface area contributed by atoms with E-state index in [-0.39, 0.29) is 29.0 Å². The minimum Gasteiger partial charge on any atom is -0.497 e. The molecular formula is C26H32N4O5. The summed E-state index contributed by atoms with van der Waals surface area (Å²) >= 11 is 0. The Balaban J connectivity index is 1.64. The maximum Gasteiger partial charge on any atom is 0.279 e. The van der Waals surface area contributed by atoms with Crippen molar-refractivity contribution in [2.24, 2.45) is 0 Å². The lowest BCUT2D eigenvalue weighted by Gasteiger charge is -2.32. The van der Waals surface area contributed by atoms with Crippen LogP contribution < -0.4 is 10.3 Å². The van der Waals surface area contributed by atoms with E-state index < -0.39 is 0 Å². The number of methoxy groups -OCH3 is 1. The van der Waals surface area contributed by atoms with Crippen LogP contribution in [0, 0.1) is 0 Å². The molecule has 0 radical (unpaired) electrons. The van der Waals surface area contributed by atoms with Crippen LogP contribution in [0.1, 0.15) is 50.3 Å². The van der Waals surface area contributed by atoms with Gasteiger partial charge in [-0.1, -0.05) is 26.2 Å². The van der Waals surface area contributed by atoms with E-state index in [1.54, 1.807) is 31.4 Å². The third-order valence-electron chi connectivity index (χ3n) is 7.26. The largest absolute Gasteiger partial charge is 0.497 e. The maximum atomic E-state index is 13.9. The highest BCUT2D eigenvalue weighted by atomic mass is 16.5. The van der Waals surface area contributed by atoms with Gasteiger partial charge in [-0.15, -0.1) is 0 Å². The van der Waals surface area contributed by atoms with Crippen molar-refractivity contribution in [1.82, 2.24) is 19.6 Å². The third kappa shape index (κ3) is 4.07. The van der Waals surface area contributed by atoms with Crippen molar-refractivity contribution in [3.63, 3.8) is 0 Å². The van der Waals surface area contributed by atoms with Crippen LogP contribution in [0.15, 0.2) is 34.8 Å². The van der Waals surface area contributed by atoms with Crippen LogP contribution in [0.4, 0.5) is 0 Å². The Morgan fingerprint density at radius 3 is 2.31 bits per heavy atom. The number of benzene rings is 1. The number of hydrogen-bond acceptors (Lipinski definition) is 6. The van der Waals surface area contributed by atoms with E-state index in [1.807, 2.05) is 11.8 Å². The third-order valence-corrected chi connectivity index (χ3v) is 7.26. The normalized spacial score (nSPS) is 19.7. The Labute approximate surface area is 204 Å². The Morgan fingerprint density at radius 1 is 1.00 bits per heavy atom. The molecule has 2 amide bonds. The first-order chi connectivity index (χ1) is 17.0. The first-order valence-corrected chi connectivity index (χ1v) is 12.5.